The number of hydrogen-bond acceptors (Lipinski definition) is 7. The molecule has 0 bridgehead atoms. The molecule has 2 aromatic heterocycles. The summed E-state index contributed by atoms with van der Waals surface area (Å²) in [4.78, 5) is 14.9. The van der Waals surface area contributed by atoms with Gasteiger partial charge in [-0.2, -0.15) is 0 Å². The molecule has 0 aliphatic carbocycles. The number of rotatable bonds is 5. The van der Waals surface area contributed by atoms with Crippen molar-refractivity contribution in [2.45, 2.75) is 32.3 Å². The summed E-state index contributed by atoms with van der Waals surface area (Å²) in [6.45, 7) is 5.82. The molecule has 0 saturated carbocycles. The number of aryl methyl sites for hydroxylation is 1. The molecule has 30 heavy (non-hydrogen) atoms. The van der Waals surface area contributed by atoms with Crippen LogP contribution >= 0.6 is 0 Å². The lowest BCUT2D eigenvalue weighted by atomic mass is 9.95. The Morgan fingerprint density at radius 1 is 1.20 bits per heavy atom. The Labute approximate surface area is 175 Å². The molecule has 1 aromatic carbocycles. The average molecular weight is 409 g/mol. The van der Waals surface area contributed by atoms with Gasteiger partial charge in [0.15, 0.2) is 5.82 Å². The van der Waals surface area contributed by atoms with Gasteiger partial charge in [0.25, 0.3) is 0 Å². The van der Waals surface area contributed by atoms with E-state index in [2.05, 4.69) is 30.7 Å². The summed E-state index contributed by atoms with van der Waals surface area (Å²) in [7, 11) is 1.83. The molecule has 1 aliphatic heterocycles. The smallest absolute Gasteiger partial charge is 0.228 e. The van der Waals surface area contributed by atoms with Crippen molar-refractivity contribution in [3.05, 3.63) is 30.5 Å². The molecule has 3 aromatic rings. The fourth-order valence-electron chi connectivity index (χ4n) is 3.87. The predicted molar refractivity (Wildman–Crippen MR) is 114 cm³/mol. The third-order valence-electron chi connectivity index (χ3n) is 5.30. The minimum absolute atomic E-state index is 0.0309. The van der Waals surface area contributed by atoms with E-state index in [0.29, 0.717) is 12.4 Å². The fourth-order valence-corrected chi connectivity index (χ4v) is 3.87. The van der Waals surface area contributed by atoms with Gasteiger partial charge in [-0.15, -0.1) is 15.3 Å². The van der Waals surface area contributed by atoms with Crippen LogP contribution in [0.5, 0.6) is 0 Å². The van der Waals surface area contributed by atoms with E-state index in [1.54, 1.807) is 18.5 Å². The summed E-state index contributed by atoms with van der Waals surface area (Å²) in [6, 6.07) is 7.62. The van der Waals surface area contributed by atoms with Crippen molar-refractivity contribution in [2.75, 3.05) is 25.0 Å². The molecule has 3 heterocycles. The van der Waals surface area contributed by atoms with Crippen molar-refractivity contribution in [3.8, 4) is 11.3 Å². The third-order valence-corrected chi connectivity index (χ3v) is 5.30. The van der Waals surface area contributed by atoms with Crippen LogP contribution in [0.4, 0.5) is 5.82 Å². The highest BCUT2D eigenvalue weighted by Gasteiger charge is 2.28. The highest BCUT2D eigenvalue weighted by atomic mass is 16.3. The number of piperidine rings is 1. The Kier molecular flexibility index (Phi) is 5.48. The van der Waals surface area contributed by atoms with Gasteiger partial charge in [-0.1, -0.05) is 11.3 Å². The summed E-state index contributed by atoms with van der Waals surface area (Å²) in [5.41, 5.74) is 1.74. The monoisotopic (exact) mass is 409 g/mol. The molecule has 0 atom stereocenters. The molecule has 4 rings (SSSR count). The van der Waals surface area contributed by atoms with Gasteiger partial charge in [0.2, 0.25) is 5.91 Å². The zero-order valence-corrected chi connectivity index (χ0v) is 17.5. The molecule has 2 N–H and O–H groups in total. The number of aromatic nitrogens is 5. The van der Waals surface area contributed by atoms with Crippen molar-refractivity contribution in [1.29, 1.82) is 0 Å². The minimum atomic E-state index is -0.722. The number of carbonyl (C=O) groups excluding carboxylic acids is 1. The first-order valence-electron chi connectivity index (χ1n) is 10.2. The number of amides is 1. The van der Waals surface area contributed by atoms with Gasteiger partial charge in [0.1, 0.15) is 5.69 Å². The zero-order valence-electron chi connectivity index (χ0n) is 17.5. The molecular formula is C21H27N7O2. The van der Waals surface area contributed by atoms with Crippen LogP contribution in [0.1, 0.15) is 26.7 Å². The standard InChI is InChI=1S/C21H27N7O2/c1-21(2,30)13-28-8-6-14(7-9-28)20(29)22-19-11-16-10-15(4-5-17(16)23-25-19)18-12-27(3)26-24-18/h4-5,10-12,14,30H,6-9,13H2,1-3H3,(H,22,25,29). The molecule has 0 unspecified atom stereocenters. The maximum atomic E-state index is 12.7. The van der Waals surface area contributed by atoms with Crippen molar-refractivity contribution >= 4 is 22.6 Å². The number of fused-ring (bicyclic) bond motifs is 1. The Hall–Kier alpha value is -2.91. The van der Waals surface area contributed by atoms with Crippen LogP contribution in [0.3, 0.4) is 0 Å². The quantitative estimate of drug-likeness (QED) is 0.662. The number of β-amino-alcohol motifs (C(OH)–C–C–N with tert-alkyl or cyclic N) is 1. The first kappa shape index (κ1) is 20.4. The van der Waals surface area contributed by atoms with Gasteiger partial charge < -0.3 is 15.3 Å². The lowest BCUT2D eigenvalue weighted by Crippen LogP contribution is -2.44. The number of aliphatic hydroxyl groups is 1. The number of anilines is 1. The van der Waals surface area contributed by atoms with Gasteiger partial charge in [0.05, 0.1) is 17.3 Å². The van der Waals surface area contributed by atoms with Gasteiger partial charge in [-0.3, -0.25) is 9.48 Å². The van der Waals surface area contributed by atoms with E-state index in [1.807, 2.05) is 37.5 Å². The molecule has 9 nitrogen and oxygen atoms in total. The third kappa shape index (κ3) is 4.80. The van der Waals surface area contributed by atoms with E-state index >= 15 is 0 Å². The number of nitrogens with zero attached hydrogens (tertiary/aromatic N) is 6. The van der Waals surface area contributed by atoms with Crippen molar-refractivity contribution in [1.82, 2.24) is 30.1 Å². The molecule has 1 fully saturated rings. The van der Waals surface area contributed by atoms with Crippen LogP contribution in [0.2, 0.25) is 0 Å². The number of carbonyl (C=O) groups is 1. The molecule has 1 amide bonds. The largest absolute Gasteiger partial charge is 0.389 e. The van der Waals surface area contributed by atoms with Crippen LogP contribution in [-0.4, -0.2) is 66.3 Å². The van der Waals surface area contributed by atoms with Crippen molar-refractivity contribution in [3.63, 3.8) is 0 Å². The maximum Gasteiger partial charge on any atom is 0.228 e. The maximum absolute atomic E-state index is 12.7. The van der Waals surface area contributed by atoms with Crippen LogP contribution in [0.15, 0.2) is 30.5 Å². The second kappa shape index (κ2) is 8.08. The molecular weight excluding hydrogens is 382 g/mol. The summed E-state index contributed by atoms with van der Waals surface area (Å²) in [5.74, 6) is 0.353. The number of hydrogen-bond donors (Lipinski definition) is 2. The zero-order chi connectivity index (χ0) is 21.3. The lowest BCUT2D eigenvalue weighted by molar-refractivity contribution is -0.121. The summed E-state index contributed by atoms with van der Waals surface area (Å²) < 4.78 is 1.66. The lowest BCUT2D eigenvalue weighted by Gasteiger charge is -2.34. The Balaban J connectivity index is 1.43. The highest BCUT2D eigenvalue weighted by Crippen LogP contribution is 2.24. The predicted octanol–water partition coefficient (Wildman–Crippen LogP) is 1.85. The second-order valence-corrected chi connectivity index (χ2v) is 8.63. The van der Waals surface area contributed by atoms with E-state index in [0.717, 1.165) is 48.1 Å². The summed E-state index contributed by atoms with van der Waals surface area (Å²) in [5, 5.41) is 30.3. The van der Waals surface area contributed by atoms with Gasteiger partial charge >= 0.3 is 0 Å². The van der Waals surface area contributed by atoms with E-state index < -0.39 is 5.60 Å². The molecule has 1 aliphatic rings. The SMILES string of the molecule is Cn1cc(-c2ccc3nnc(NC(=O)C4CCN(CC(C)(C)O)CC4)cc3c2)nn1. The van der Waals surface area contributed by atoms with Crippen LogP contribution in [-0.2, 0) is 11.8 Å². The molecule has 0 radical (unpaired) electrons. The number of benzene rings is 1. The van der Waals surface area contributed by atoms with E-state index in [-0.39, 0.29) is 11.8 Å². The van der Waals surface area contributed by atoms with Crippen LogP contribution in [0.25, 0.3) is 22.2 Å². The highest BCUT2D eigenvalue weighted by molar-refractivity contribution is 5.94. The fraction of sp³-hybridized carbons (Fsp3) is 0.476. The average Bonchev–Trinajstić information content (AvgIpc) is 3.13. The van der Waals surface area contributed by atoms with E-state index in [1.165, 1.54) is 0 Å². The normalized spacial score (nSPS) is 16.1. The molecule has 158 valence electrons. The summed E-state index contributed by atoms with van der Waals surface area (Å²) in [6.07, 6.45) is 3.38. The molecule has 0 spiro atoms. The Morgan fingerprint density at radius 2 is 1.97 bits per heavy atom. The minimum Gasteiger partial charge on any atom is -0.389 e. The van der Waals surface area contributed by atoms with Gasteiger partial charge in [0, 0.05) is 30.5 Å². The van der Waals surface area contributed by atoms with Crippen LogP contribution in [0, 0.1) is 5.92 Å². The van der Waals surface area contributed by atoms with Crippen molar-refractivity contribution in [2.24, 2.45) is 13.0 Å². The first-order valence-corrected chi connectivity index (χ1v) is 10.2. The second-order valence-electron chi connectivity index (χ2n) is 8.63. The van der Waals surface area contributed by atoms with E-state index in [9.17, 15) is 9.90 Å². The first-order chi connectivity index (χ1) is 14.3. The van der Waals surface area contributed by atoms with Crippen LogP contribution < -0.4 is 5.32 Å². The summed E-state index contributed by atoms with van der Waals surface area (Å²) >= 11 is 0. The van der Waals surface area contributed by atoms with Gasteiger partial charge in [-0.25, -0.2) is 0 Å². The van der Waals surface area contributed by atoms with E-state index in [4.69, 9.17) is 0 Å². The van der Waals surface area contributed by atoms with Crippen molar-refractivity contribution < 1.29 is 9.90 Å². The Morgan fingerprint density at radius 3 is 2.63 bits per heavy atom. The molecule has 9 heteroatoms. The molecule has 1 saturated heterocycles. The Bertz CT molecular complexity index is 1050. The van der Waals surface area contributed by atoms with Gasteiger partial charge in [-0.05, 0) is 58.0 Å². The topological polar surface area (TPSA) is 109 Å². The number of likely N-dealkylation sites (tertiary alicyclic amines) is 1. The number of nitrogens with one attached hydrogen (secondary N) is 1.